The van der Waals surface area contributed by atoms with Gasteiger partial charge in [-0.15, -0.1) is 89.3 Å². The van der Waals surface area contributed by atoms with Crippen LogP contribution in [0.4, 0.5) is 0 Å². The molecule has 0 rings (SSSR count). The first-order valence-corrected chi connectivity index (χ1v) is 41.1. The number of hydrogen-bond acceptors (Lipinski definition) is 2. The molecule has 0 bridgehead atoms. The minimum atomic E-state index is -0.361. The molecule has 0 amide bonds. The van der Waals surface area contributed by atoms with Crippen LogP contribution in [0.3, 0.4) is 0 Å². The highest BCUT2D eigenvalue weighted by molar-refractivity contribution is 9.31. The molecule has 0 aliphatic carbocycles. The van der Waals surface area contributed by atoms with Gasteiger partial charge in [0.15, 0.2) is 0 Å². The first-order chi connectivity index (χ1) is 10.1. The smallest absolute Gasteiger partial charge is 0.0990 e. The summed E-state index contributed by atoms with van der Waals surface area (Å²) in [4.78, 5) is 0. The Balaban J connectivity index is 5.85. The molecule has 0 N–H and O–H groups in total. The van der Waals surface area contributed by atoms with Crippen LogP contribution in [0.15, 0.2) is 4.13 Å². The first kappa shape index (κ1) is 30.6. The van der Waals surface area contributed by atoms with Crippen molar-refractivity contribution in [3.8, 4) is 0 Å². The van der Waals surface area contributed by atoms with E-state index in [-0.39, 0.29) is 63.3 Å². The summed E-state index contributed by atoms with van der Waals surface area (Å²) in [7, 11) is 31.5. The van der Waals surface area contributed by atoms with Crippen LogP contribution in [0.2, 0.25) is 0 Å². The van der Waals surface area contributed by atoms with Crippen molar-refractivity contribution in [2.45, 2.75) is 0 Å². The lowest BCUT2D eigenvalue weighted by atomic mass is 13.9. The Labute approximate surface area is 175 Å². The van der Waals surface area contributed by atoms with Crippen molar-refractivity contribution in [1.29, 1.82) is 0 Å². The number of hydrogen-bond donors (Lipinski definition) is 0. The molecular weight excluding hydrogens is 666 g/mol. The van der Waals surface area contributed by atoms with E-state index in [0.717, 1.165) is 7.96 Å². The summed E-state index contributed by atoms with van der Waals surface area (Å²) in [6.45, 7) is -0.539. The zero-order chi connectivity index (χ0) is 17.6. The lowest BCUT2D eigenvalue weighted by Gasteiger charge is -2.43. The van der Waals surface area contributed by atoms with Crippen LogP contribution in [0.25, 0.3) is 0 Å². The van der Waals surface area contributed by atoms with Crippen molar-refractivity contribution >= 4 is 173 Å². The van der Waals surface area contributed by atoms with Gasteiger partial charge < -0.3 is 0 Å². The van der Waals surface area contributed by atoms with Gasteiger partial charge in [-0.3, -0.25) is 0 Å². The molecule has 0 heterocycles. The minimum Gasteiger partial charge on any atom is -0.185 e. The van der Waals surface area contributed by atoms with Crippen molar-refractivity contribution in [3.05, 3.63) is 0 Å². The largest absolute Gasteiger partial charge is 0.185 e. The average Bonchev–Trinajstić information content (AvgIpc) is 2.39. The fourth-order valence-electron chi connectivity index (χ4n) is 1.04. The molecule has 0 aromatic carbocycles. The molecule has 22 heavy (non-hydrogen) atoms. The fourth-order valence-corrected chi connectivity index (χ4v) is 215. The van der Waals surface area contributed by atoms with Crippen molar-refractivity contribution in [2.75, 3.05) is 0 Å². The Bertz CT molecular complexity index is 293. The third kappa shape index (κ3) is 11.0. The van der Waals surface area contributed by atoms with E-state index in [4.69, 9.17) is 12.4 Å². The Morgan fingerprint density at radius 2 is 1.00 bits per heavy atom. The van der Waals surface area contributed by atoms with Crippen LogP contribution in [0.5, 0.6) is 0 Å². The molecule has 14 atom stereocenters. The molecule has 0 aromatic heterocycles. The summed E-state index contributed by atoms with van der Waals surface area (Å²) in [5, 5.41) is 0. The molecule has 0 aliphatic rings. The molecule has 0 aromatic rings. The highest BCUT2D eigenvalue weighted by atomic mass is 33.4. The molecule has 0 radical (unpaired) electrons. The molecule has 0 spiro atoms. The van der Waals surface area contributed by atoms with E-state index in [1.165, 1.54) is 0 Å². The Morgan fingerprint density at radius 3 is 1.23 bits per heavy atom. The van der Waals surface area contributed by atoms with Crippen LogP contribution in [-0.2, 0) is 12.4 Å². The van der Waals surface area contributed by atoms with E-state index in [1.54, 1.807) is 0 Å². The summed E-state index contributed by atoms with van der Waals surface area (Å²) in [6.07, 6.45) is 0. The quantitative estimate of drug-likeness (QED) is 0.208. The Hall–Kier alpha value is 8.62. The van der Waals surface area contributed by atoms with Gasteiger partial charge in [-0.1, -0.05) is 7.96 Å². The maximum Gasteiger partial charge on any atom is 0.0990 e. The van der Waals surface area contributed by atoms with Gasteiger partial charge in [0.25, 0.3) is 0 Å². The predicted octanol–water partition coefficient (Wildman–Crippen LogP) is 11.8. The summed E-state index contributed by atoms with van der Waals surface area (Å²) >= 11 is 5.39. The molecule has 1 nitrogen and oxygen atoms in total. The van der Waals surface area contributed by atoms with E-state index < -0.39 is 0 Å². The lowest BCUT2D eigenvalue weighted by molar-refractivity contribution is 2.10. The molecule has 0 fully saturated rings. The Morgan fingerprint density at radius 1 is 0.636 bits per heavy atom. The summed E-state index contributed by atoms with van der Waals surface area (Å²) < 4.78 is 4.67. The molecule has 0 saturated carbocycles. The molecule has 0 aliphatic heterocycles. The molecule has 0 saturated heterocycles. The normalized spacial score (nSPS) is 17.6. The third-order valence-electron chi connectivity index (χ3n) is 1.70. The second-order valence-electron chi connectivity index (χ2n) is 3.15. The molecule has 14 unspecified atom stereocenters. The second kappa shape index (κ2) is 17.1. The fraction of sp³-hybridized carbons (Fsp3) is 0. The van der Waals surface area contributed by atoms with Gasteiger partial charge >= 0.3 is 0 Å². The predicted molar refractivity (Wildman–Crippen MR) is 177 cm³/mol. The topological polar surface area (TPSA) is 12.4 Å². The van der Waals surface area contributed by atoms with Crippen LogP contribution >= 0.6 is 161 Å². The maximum absolute atomic E-state index is 5.39. The van der Waals surface area contributed by atoms with Gasteiger partial charge in [0.1, 0.15) is 0 Å². The van der Waals surface area contributed by atoms with E-state index in [1.807, 2.05) is 0 Å². The Kier molecular flexibility index (Phi) is 23.9. The monoisotopic (exact) mass is 687 g/mol. The van der Waals surface area contributed by atoms with E-state index >= 15 is 0 Å². The summed E-state index contributed by atoms with van der Waals surface area (Å²) in [6, 6.07) is 0. The van der Waals surface area contributed by atoms with Gasteiger partial charge in [-0.2, -0.15) is 4.13 Å². The highest BCUT2D eigenvalue weighted by Gasteiger charge is 2.43. The second-order valence-corrected chi connectivity index (χ2v) is 80.3. The summed E-state index contributed by atoms with van der Waals surface area (Å²) in [5.74, 6) is 0. The SMILES string of the molecule is PPP(P)P(P(N=S)P(P(P)P)P(P)P)P(P(P)P)P(P)P. The van der Waals surface area contributed by atoms with Gasteiger partial charge in [0, 0.05) is 26.4 Å². The van der Waals surface area contributed by atoms with E-state index in [0.29, 0.717) is 0 Å². The highest BCUT2D eigenvalue weighted by Crippen LogP contribution is 3.28. The van der Waals surface area contributed by atoms with Crippen LogP contribution in [0, 0.1) is 0 Å². The zero-order valence-electron chi connectivity index (χ0n) is 11.2. The van der Waals surface area contributed by atoms with Gasteiger partial charge in [-0.05, 0) is 41.9 Å². The molecule has 22 heteroatoms. The average molecular weight is 687 g/mol. The molecular formula is H21NP20S. The van der Waals surface area contributed by atoms with Gasteiger partial charge in [0.2, 0.25) is 0 Å². The van der Waals surface area contributed by atoms with Gasteiger partial charge in [0.05, 0.1) is 7.45 Å². The van der Waals surface area contributed by atoms with Crippen molar-refractivity contribution in [3.63, 3.8) is 0 Å². The van der Waals surface area contributed by atoms with Crippen molar-refractivity contribution in [2.24, 2.45) is 4.13 Å². The van der Waals surface area contributed by atoms with Gasteiger partial charge in [-0.25, -0.2) is 0 Å². The lowest BCUT2D eigenvalue weighted by Crippen LogP contribution is -1.60. The van der Waals surface area contributed by atoms with Crippen molar-refractivity contribution < 1.29 is 0 Å². The zero-order valence-corrected chi connectivity index (χ0v) is 32.6. The number of rotatable bonds is 10. The minimum absolute atomic E-state index is 0.00166. The third-order valence-corrected chi connectivity index (χ3v) is 125. The van der Waals surface area contributed by atoms with E-state index in [9.17, 15) is 0 Å². The van der Waals surface area contributed by atoms with Crippen LogP contribution in [0.1, 0.15) is 0 Å². The van der Waals surface area contributed by atoms with Crippen molar-refractivity contribution in [1.82, 2.24) is 0 Å². The van der Waals surface area contributed by atoms with Crippen LogP contribution < -0.4 is 0 Å². The summed E-state index contributed by atoms with van der Waals surface area (Å²) in [5.41, 5.74) is 0. The van der Waals surface area contributed by atoms with Crippen LogP contribution in [-0.4, -0.2) is 0 Å². The standard InChI is InChI=1S/H21NP20S/c2-12-18(11)20(21(16(7)8)17(9)10)13(1-22)19(14(3)4)15(5)6/h12H,2-11H2. The maximum atomic E-state index is 5.39. The molecule has 132 valence electrons. The number of nitrogens with zero attached hydrogens (tertiary/aromatic N) is 1. The van der Waals surface area contributed by atoms with E-state index in [2.05, 4.69) is 93.4 Å². The first-order valence-electron chi connectivity index (χ1n) is 4.82.